The molecule has 1 aliphatic rings. The molecule has 3 atom stereocenters. The Morgan fingerprint density at radius 2 is 1.42 bits per heavy atom. The summed E-state index contributed by atoms with van der Waals surface area (Å²) in [6, 6.07) is 41.9. The van der Waals surface area contributed by atoms with Crippen LogP contribution >= 0.6 is 11.8 Å². The van der Waals surface area contributed by atoms with Gasteiger partial charge in [0.15, 0.2) is 6.29 Å². The molecular weight excluding hydrogens is 683 g/mol. The van der Waals surface area contributed by atoms with Gasteiger partial charge >= 0.3 is 0 Å². The van der Waals surface area contributed by atoms with Crippen molar-refractivity contribution in [1.82, 2.24) is 5.32 Å². The standard InChI is InChI=1S/C44H47N3O5S/c45-39-15-9-10-16-40(39)47-43(50)18-6-2-5-17-42(49)46-28-35-11-7-8-14-38(35)32-23-25-34(26-24-32)44-51-36(30-53-37-12-3-1-4-13-37)27-41(52-44)33-21-19-31(29-48)20-22-33/h1,3-4,7-16,19-26,36,41,44,48H,2,5-6,17-18,27-30,45H2,(H,46,49)(H,47,50). The summed E-state index contributed by atoms with van der Waals surface area (Å²) < 4.78 is 13.1. The average molecular weight is 730 g/mol. The van der Waals surface area contributed by atoms with E-state index in [1.54, 1.807) is 23.9 Å². The molecule has 0 spiro atoms. The highest BCUT2D eigenvalue weighted by Gasteiger charge is 2.32. The SMILES string of the molecule is Nc1ccccc1NC(=O)CCCCCC(=O)NCc1ccccc1-c1ccc(C2OC(CSc3ccccc3)CC(c3ccc(CO)cc3)O2)cc1. The number of aliphatic hydroxyl groups excluding tert-OH is 1. The van der Waals surface area contributed by atoms with E-state index in [0.717, 1.165) is 52.0 Å². The lowest BCUT2D eigenvalue weighted by atomic mass is 9.97. The van der Waals surface area contributed by atoms with Gasteiger partial charge in [0.1, 0.15) is 0 Å². The van der Waals surface area contributed by atoms with Crippen molar-refractivity contribution in [2.24, 2.45) is 0 Å². The van der Waals surface area contributed by atoms with Crippen LogP contribution in [0, 0.1) is 0 Å². The fraction of sp³-hybridized carbons (Fsp3) is 0.273. The van der Waals surface area contributed by atoms with Crippen molar-refractivity contribution in [1.29, 1.82) is 0 Å². The van der Waals surface area contributed by atoms with E-state index in [4.69, 9.17) is 15.2 Å². The minimum atomic E-state index is -0.534. The minimum absolute atomic E-state index is 0.00525. The van der Waals surface area contributed by atoms with Gasteiger partial charge in [-0.1, -0.05) is 110 Å². The number of amides is 2. The maximum absolute atomic E-state index is 12.7. The predicted molar refractivity (Wildman–Crippen MR) is 212 cm³/mol. The fourth-order valence-electron chi connectivity index (χ4n) is 6.36. The van der Waals surface area contributed by atoms with E-state index in [9.17, 15) is 14.7 Å². The summed E-state index contributed by atoms with van der Waals surface area (Å²) in [7, 11) is 0. The topological polar surface area (TPSA) is 123 Å². The van der Waals surface area contributed by atoms with Crippen LogP contribution in [0.3, 0.4) is 0 Å². The van der Waals surface area contributed by atoms with Crippen LogP contribution in [0.4, 0.5) is 11.4 Å². The van der Waals surface area contributed by atoms with Gasteiger partial charge in [0.25, 0.3) is 0 Å². The Labute approximate surface area is 316 Å². The van der Waals surface area contributed by atoms with Gasteiger partial charge in [-0.05, 0) is 64.9 Å². The van der Waals surface area contributed by atoms with Gasteiger partial charge in [-0.2, -0.15) is 0 Å². The third-order valence-corrected chi connectivity index (χ3v) is 10.5. The summed E-state index contributed by atoms with van der Waals surface area (Å²) >= 11 is 1.78. The zero-order valence-corrected chi connectivity index (χ0v) is 30.6. The number of aliphatic hydroxyl groups is 1. The normalized spacial score (nSPS) is 16.9. The van der Waals surface area contributed by atoms with Gasteiger partial charge in [-0.3, -0.25) is 9.59 Å². The summed E-state index contributed by atoms with van der Waals surface area (Å²) in [5.74, 6) is 0.713. The molecule has 0 aliphatic carbocycles. The Morgan fingerprint density at radius 1 is 0.736 bits per heavy atom. The van der Waals surface area contributed by atoms with Crippen molar-refractivity contribution in [3.8, 4) is 11.1 Å². The molecule has 1 saturated heterocycles. The molecule has 274 valence electrons. The number of para-hydroxylation sites is 2. The van der Waals surface area contributed by atoms with Crippen LogP contribution in [0.5, 0.6) is 0 Å². The van der Waals surface area contributed by atoms with Gasteiger partial charge in [0, 0.05) is 42.0 Å². The molecule has 5 aromatic carbocycles. The second-order valence-electron chi connectivity index (χ2n) is 13.2. The average Bonchev–Trinajstić information content (AvgIpc) is 3.20. The van der Waals surface area contributed by atoms with E-state index in [1.165, 1.54) is 4.90 Å². The molecule has 6 rings (SSSR count). The number of carbonyl (C=O) groups is 2. The molecule has 53 heavy (non-hydrogen) atoms. The van der Waals surface area contributed by atoms with Crippen molar-refractivity contribution in [2.75, 3.05) is 16.8 Å². The lowest BCUT2D eigenvalue weighted by molar-refractivity contribution is -0.245. The molecule has 5 aromatic rings. The maximum Gasteiger partial charge on any atom is 0.224 e. The van der Waals surface area contributed by atoms with Gasteiger partial charge in [0.2, 0.25) is 11.8 Å². The largest absolute Gasteiger partial charge is 0.397 e. The number of nitrogens with one attached hydrogen (secondary N) is 2. The number of thioether (sulfide) groups is 1. The number of hydrogen-bond donors (Lipinski definition) is 4. The molecule has 5 N–H and O–H groups in total. The van der Waals surface area contributed by atoms with E-state index in [1.807, 2.05) is 72.8 Å². The Hall–Kier alpha value is -4.93. The first-order valence-corrected chi connectivity index (χ1v) is 19.2. The number of nitrogens with two attached hydrogens (primary N) is 1. The highest BCUT2D eigenvalue weighted by Crippen LogP contribution is 2.40. The molecule has 0 saturated carbocycles. The number of benzene rings is 5. The first kappa shape index (κ1) is 37.8. The van der Waals surface area contributed by atoms with E-state index in [-0.39, 0.29) is 30.6 Å². The highest BCUT2D eigenvalue weighted by molar-refractivity contribution is 7.99. The van der Waals surface area contributed by atoms with Crippen LogP contribution in [0.25, 0.3) is 11.1 Å². The molecule has 3 unspecified atom stereocenters. The number of nitrogen functional groups attached to an aromatic ring is 1. The third-order valence-electron chi connectivity index (χ3n) is 9.32. The molecule has 0 bridgehead atoms. The van der Waals surface area contributed by atoms with Crippen molar-refractivity contribution in [3.05, 3.63) is 150 Å². The number of rotatable bonds is 16. The minimum Gasteiger partial charge on any atom is -0.397 e. The van der Waals surface area contributed by atoms with Crippen molar-refractivity contribution in [2.45, 2.75) is 75.1 Å². The zero-order valence-electron chi connectivity index (χ0n) is 29.8. The van der Waals surface area contributed by atoms with Crippen LogP contribution in [-0.4, -0.2) is 28.8 Å². The molecule has 0 radical (unpaired) electrons. The summed E-state index contributed by atoms with van der Waals surface area (Å²) in [6.45, 7) is 0.426. The van der Waals surface area contributed by atoms with E-state index >= 15 is 0 Å². The number of unbranched alkanes of at least 4 members (excludes halogenated alkanes) is 2. The molecule has 2 amide bonds. The number of anilines is 2. The Bertz CT molecular complexity index is 1920. The zero-order chi connectivity index (χ0) is 36.8. The fourth-order valence-corrected chi connectivity index (χ4v) is 7.30. The van der Waals surface area contributed by atoms with E-state index in [0.29, 0.717) is 43.6 Å². The quantitative estimate of drug-likeness (QED) is 0.0454. The molecule has 0 aromatic heterocycles. The van der Waals surface area contributed by atoms with Gasteiger partial charge in [0.05, 0.1) is 30.2 Å². The maximum atomic E-state index is 12.7. The van der Waals surface area contributed by atoms with E-state index in [2.05, 4.69) is 53.1 Å². The second-order valence-corrected chi connectivity index (χ2v) is 14.3. The monoisotopic (exact) mass is 729 g/mol. The first-order valence-electron chi connectivity index (χ1n) is 18.2. The summed E-state index contributed by atoms with van der Waals surface area (Å²) in [5.41, 5.74) is 13.1. The van der Waals surface area contributed by atoms with Crippen LogP contribution in [-0.2, 0) is 32.2 Å². The molecule has 9 heteroatoms. The molecular formula is C44H47N3O5S. The van der Waals surface area contributed by atoms with Crippen molar-refractivity contribution in [3.63, 3.8) is 0 Å². The number of ether oxygens (including phenoxy) is 2. The van der Waals surface area contributed by atoms with Crippen LogP contribution in [0.15, 0.2) is 132 Å². The number of hydrogen-bond acceptors (Lipinski definition) is 7. The Kier molecular flexibility index (Phi) is 13.7. The smallest absolute Gasteiger partial charge is 0.224 e. The van der Waals surface area contributed by atoms with Gasteiger partial charge in [-0.25, -0.2) is 0 Å². The van der Waals surface area contributed by atoms with Gasteiger partial charge < -0.3 is 30.9 Å². The Balaban J connectivity index is 1.02. The summed E-state index contributed by atoms with van der Waals surface area (Å²) in [5, 5.41) is 15.5. The van der Waals surface area contributed by atoms with Crippen LogP contribution < -0.4 is 16.4 Å². The molecule has 8 nitrogen and oxygen atoms in total. The number of carbonyl (C=O) groups excluding carboxylic acids is 2. The van der Waals surface area contributed by atoms with E-state index < -0.39 is 6.29 Å². The summed E-state index contributed by atoms with van der Waals surface area (Å²) in [6.07, 6.45) is 3.01. The molecule has 1 fully saturated rings. The van der Waals surface area contributed by atoms with Crippen LogP contribution in [0.1, 0.15) is 73.2 Å². The summed E-state index contributed by atoms with van der Waals surface area (Å²) in [4.78, 5) is 26.2. The Morgan fingerprint density at radius 3 is 2.17 bits per heavy atom. The second kappa shape index (κ2) is 19.2. The van der Waals surface area contributed by atoms with Crippen molar-refractivity contribution >= 4 is 35.0 Å². The predicted octanol–water partition coefficient (Wildman–Crippen LogP) is 8.97. The van der Waals surface area contributed by atoms with Crippen LogP contribution in [0.2, 0.25) is 0 Å². The first-order chi connectivity index (χ1) is 25.9. The van der Waals surface area contributed by atoms with Gasteiger partial charge in [-0.15, -0.1) is 11.8 Å². The molecule has 1 aliphatic heterocycles. The third kappa shape index (κ3) is 11.0. The lowest BCUT2D eigenvalue weighted by Crippen LogP contribution is -2.31. The highest BCUT2D eigenvalue weighted by atomic mass is 32.2. The van der Waals surface area contributed by atoms with Crippen molar-refractivity contribution < 1.29 is 24.2 Å². The molecule has 1 heterocycles. The lowest BCUT2D eigenvalue weighted by Gasteiger charge is -2.36.